The van der Waals surface area contributed by atoms with E-state index in [0.29, 0.717) is 10.8 Å². The van der Waals surface area contributed by atoms with Crippen LogP contribution in [0.1, 0.15) is 49.0 Å². The molecule has 0 fully saturated rings. The Morgan fingerprint density at radius 1 is 1.37 bits per heavy atom. The van der Waals surface area contributed by atoms with Crippen molar-refractivity contribution in [3.05, 3.63) is 41.2 Å². The van der Waals surface area contributed by atoms with Crippen molar-refractivity contribution >= 4 is 16.6 Å². The van der Waals surface area contributed by atoms with E-state index in [-0.39, 0.29) is 23.0 Å². The molecule has 0 aliphatic carbocycles. The molecular weight excluding hydrogens is 243 g/mol. The molecule has 0 bridgehead atoms. The number of Topliss-reactive ketones (excluding diaryl/α,β-unsaturated/α-hetero) is 1. The van der Waals surface area contributed by atoms with Gasteiger partial charge < -0.3 is 5.11 Å². The SMILES string of the molecule is CCC(C)c1cc(O)cc2ccc(F)c(C(C)=O)c12. The normalized spacial score (nSPS) is 12.6. The van der Waals surface area contributed by atoms with Crippen molar-refractivity contribution in [2.24, 2.45) is 0 Å². The van der Waals surface area contributed by atoms with Crippen LogP contribution in [0.4, 0.5) is 4.39 Å². The van der Waals surface area contributed by atoms with E-state index in [4.69, 9.17) is 0 Å². The summed E-state index contributed by atoms with van der Waals surface area (Å²) in [6.07, 6.45) is 0.854. The number of hydrogen-bond donors (Lipinski definition) is 1. The summed E-state index contributed by atoms with van der Waals surface area (Å²) in [7, 11) is 0. The van der Waals surface area contributed by atoms with E-state index in [0.717, 1.165) is 12.0 Å². The van der Waals surface area contributed by atoms with Gasteiger partial charge in [-0.3, -0.25) is 4.79 Å². The molecule has 1 atom stereocenters. The van der Waals surface area contributed by atoms with Crippen LogP contribution >= 0.6 is 0 Å². The molecule has 1 unspecified atom stereocenters. The van der Waals surface area contributed by atoms with Crippen LogP contribution < -0.4 is 0 Å². The second-order valence-corrected chi connectivity index (χ2v) is 4.92. The molecule has 0 aliphatic heterocycles. The van der Waals surface area contributed by atoms with Gasteiger partial charge in [-0.2, -0.15) is 0 Å². The van der Waals surface area contributed by atoms with E-state index in [1.807, 2.05) is 13.8 Å². The van der Waals surface area contributed by atoms with Gasteiger partial charge in [0.1, 0.15) is 11.6 Å². The van der Waals surface area contributed by atoms with Crippen molar-refractivity contribution in [2.45, 2.75) is 33.1 Å². The molecule has 3 heteroatoms. The van der Waals surface area contributed by atoms with Crippen LogP contribution in [0.15, 0.2) is 24.3 Å². The monoisotopic (exact) mass is 260 g/mol. The maximum absolute atomic E-state index is 13.9. The predicted octanol–water partition coefficient (Wildman–Crippen LogP) is 4.40. The van der Waals surface area contributed by atoms with Crippen molar-refractivity contribution in [1.29, 1.82) is 0 Å². The third kappa shape index (κ3) is 2.33. The minimum atomic E-state index is -0.504. The summed E-state index contributed by atoms with van der Waals surface area (Å²) in [5.41, 5.74) is 0.940. The van der Waals surface area contributed by atoms with Crippen molar-refractivity contribution < 1.29 is 14.3 Å². The number of fused-ring (bicyclic) bond motifs is 1. The molecule has 1 N–H and O–H groups in total. The highest BCUT2D eigenvalue weighted by atomic mass is 19.1. The topological polar surface area (TPSA) is 37.3 Å². The van der Waals surface area contributed by atoms with Crippen molar-refractivity contribution in [3.63, 3.8) is 0 Å². The minimum Gasteiger partial charge on any atom is -0.508 e. The number of halogens is 1. The lowest BCUT2D eigenvalue weighted by molar-refractivity contribution is 0.101. The number of ketones is 1. The summed E-state index contributed by atoms with van der Waals surface area (Å²) in [6.45, 7) is 5.39. The van der Waals surface area contributed by atoms with E-state index in [9.17, 15) is 14.3 Å². The van der Waals surface area contributed by atoms with Crippen LogP contribution in [0.2, 0.25) is 0 Å². The first-order chi connectivity index (χ1) is 8.95. The van der Waals surface area contributed by atoms with Crippen LogP contribution in [0.3, 0.4) is 0 Å². The predicted molar refractivity (Wildman–Crippen MR) is 74.3 cm³/mol. The van der Waals surface area contributed by atoms with Crippen LogP contribution in [0, 0.1) is 5.82 Å². The fourth-order valence-corrected chi connectivity index (χ4v) is 2.41. The van der Waals surface area contributed by atoms with E-state index in [1.165, 1.54) is 13.0 Å². The van der Waals surface area contributed by atoms with Gasteiger partial charge in [0, 0.05) is 0 Å². The molecule has 0 aliphatic rings. The van der Waals surface area contributed by atoms with Crippen LogP contribution in [-0.2, 0) is 0 Å². The Morgan fingerprint density at radius 3 is 2.63 bits per heavy atom. The number of carbonyl (C=O) groups is 1. The molecule has 2 aromatic carbocycles. The van der Waals surface area contributed by atoms with E-state index < -0.39 is 5.82 Å². The lowest BCUT2D eigenvalue weighted by Gasteiger charge is -2.16. The second-order valence-electron chi connectivity index (χ2n) is 4.92. The Hall–Kier alpha value is -1.90. The zero-order valence-electron chi connectivity index (χ0n) is 11.3. The van der Waals surface area contributed by atoms with Gasteiger partial charge in [-0.15, -0.1) is 0 Å². The summed E-state index contributed by atoms with van der Waals surface area (Å²) in [5.74, 6) is -0.507. The first-order valence-corrected chi connectivity index (χ1v) is 6.41. The first-order valence-electron chi connectivity index (χ1n) is 6.41. The third-order valence-corrected chi connectivity index (χ3v) is 3.58. The van der Waals surface area contributed by atoms with Crippen molar-refractivity contribution in [3.8, 4) is 5.75 Å². The number of aromatic hydroxyl groups is 1. The molecule has 0 spiro atoms. The van der Waals surface area contributed by atoms with Crippen LogP contribution in [0.25, 0.3) is 10.8 Å². The quantitative estimate of drug-likeness (QED) is 0.830. The maximum Gasteiger partial charge on any atom is 0.163 e. The maximum atomic E-state index is 13.9. The fourth-order valence-electron chi connectivity index (χ4n) is 2.41. The summed E-state index contributed by atoms with van der Waals surface area (Å²) in [4.78, 5) is 11.7. The van der Waals surface area contributed by atoms with Crippen LogP contribution in [0.5, 0.6) is 5.75 Å². The molecule has 100 valence electrons. The smallest absolute Gasteiger partial charge is 0.163 e. The molecule has 0 saturated heterocycles. The van der Waals surface area contributed by atoms with Gasteiger partial charge >= 0.3 is 0 Å². The number of hydrogen-bond acceptors (Lipinski definition) is 2. The summed E-state index contributed by atoms with van der Waals surface area (Å²) in [5, 5.41) is 11.1. The Kier molecular flexibility index (Phi) is 3.56. The Morgan fingerprint density at radius 2 is 2.05 bits per heavy atom. The number of phenols is 1. The number of carbonyl (C=O) groups excluding carboxylic acids is 1. The summed E-state index contributed by atoms with van der Waals surface area (Å²) < 4.78 is 13.9. The number of benzene rings is 2. The van der Waals surface area contributed by atoms with Gasteiger partial charge in [-0.05, 0) is 53.8 Å². The molecule has 19 heavy (non-hydrogen) atoms. The zero-order chi connectivity index (χ0) is 14.2. The Balaban J connectivity index is 2.93. The molecule has 0 saturated carbocycles. The van der Waals surface area contributed by atoms with Gasteiger partial charge in [0.05, 0.1) is 5.56 Å². The average molecular weight is 260 g/mol. The molecule has 2 aromatic rings. The molecule has 2 rings (SSSR count). The van der Waals surface area contributed by atoms with Crippen LogP contribution in [-0.4, -0.2) is 10.9 Å². The fraction of sp³-hybridized carbons (Fsp3) is 0.312. The van der Waals surface area contributed by atoms with Gasteiger partial charge in [0.25, 0.3) is 0 Å². The molecule has 2 nitrogen and oxygen atoms in total. The Bertz CT molecular complexity index is 647. The van der Waals surface area contributed by atoms with Crippen molar-refractivity contribution in [2.75, 3.05) is 0 Å². The average Bonchev–Trinajstić information content (AvgIpc) is 2.36. The lowest BCUT2D eigenvalue weighted by Crippen LogP contribution is -2.03. The second kappa shape index (κ2) is 5.00. The minimum absolute atomic E-state index is 0.118. The highest BCUT2D eigenvalue weighted by Gasteiger charge is 2.18. The van der Waals surface area contributed by atoms with Gasteiger partial charge in [-0.25, -0.2) is 4.39 Å². The summed E-state index contributed by atoms with van der Waals surface area (Å²) >= 11 is 0. The highest BCUT2D eigenvalue weighted by Crippen LogP contribution is 2.34. The van der Waals surface area contributed by atoms with E-state index in [1.54, 1.807) is 18.2 Å². The molecular formula is C16H17FO2. The molecule has 0 heterocycles. The molecule has 0 radical (unpaired) electrons. The largest absolute Gasteiger partial charge is 0.508 e. The molecule has 0 aromatic heterocycles. The van der Waals surface area contributed by atoms with E-state index in [2.05, 4.69) is 0 Å². The van der Waals surface area contributed by atoms with Crippen molar-refractivity contribution in [1.82, 2.24) is 0 Å². The van der Waals surface area contributed by atoms with Gasteiger partial charge in [-0.1, -0.05) is 19.9 Å². The zero-order valence-corrected chi connectivity index (χ0v) is 11.3. The Labute approximate surface area is 111 Å². The van der Waals surface area contributed by atoms with Gasteiger partial charge in [0.2, 0.25) is 0 Å². The lowest BCUT2D eigenvalue weighted by atomic mass is 9.89. The number of rotatable bonds is 3. The standard InChI is InChI=1S/C16H17FO2/c1-4-9(2)13-8-12(19)7-11-5-6-14(17)15(10(3)18)16(11)13/h5-9,19H,4H2,1-3H3. The molecule has 0 amide bonds. The highest BCUT2D eigenvalue weighted by molar-refractivity contribution is 6.09. The summed E-state index contributed by atoms with van der Waals surface area (Å²) in [6, 6.07) is 6.07. The third-order valence-electron chi connectivity index (χ3n) is 3.58. The van der Waals surface area contributed by atoms with E-state index >= 15 is 0 Å². The first kappa shape index (κ1) is 13.5. The van der Waals surface area contributed by atoms with Gasteiger partial charge in [0.15, 0.2) is 5.78 Å². The number of phenolic OH excluding ortho intramolecular Hbond substituents is 1.